The SMILES string of the molecule is CCc1nc(NN)cc(Nc2ccc(C)cc2)n1. The van der Waals surface area contributed by atoms with E-state index in [0.717, 1.165) is 23.8 Å². The number of nitrogens with one attached hydrogen (secondary N) is 2. The van der Waals surface area contributed by atoms with E-state index in [0.29, 0.717) is 5.82 Å². The summed E-state index contributed by atoms with van der Waals surface area (Å²) < 4.78 is 0. The van der Waals surface area contributed by atoms with Crippen molar-refractivity contribution in [1.29, 1.82) is 0 Å². The molecule has 2 aromatic rings. The summed E-state index contributed by atoms with van der Waals surface area (Å²) in [5, 5.41) is 3.23. The van der Waals surface area contributed by atoms with Crippen LogP contribution in [0.1, 0.15) is 18.3 Å². The van der Waals surface area contributed by atoms with E-state index in [4.69, 9.17) is 5.84 Å². The summed E-state index contributed by atoms with van der Waals surface area (Å²) >= 11 is 0. The number of aromatic nitrogens is 2. The first-order valence-corrected chi connectivity index (χ1v) is 5.89. The number of nitrogens with two attached hydrogens (primary N) is 1. The summed E-state index contributed by atoms with van der Waals surface area (Å²) in [7, 11) is 0. The molecule has 0 amide bonds. The fraction of sp³-hybridized carbons (Fsp3) is 0.231. The number of nitrogens with zero attached hydrogens (tertiary/aromatic N) is 2. The Hall–Kier alpha value is -2.14. The van der Waals surface area contributed by atoms with Gasteiger partial charge in [-0.2, -0.15) is 0 Å². The number of nitrogen functional groups attached to an aromatic ring is 1. The number of hydrazine groups is 1. The fourth-order valence-electron chi connectivity index (χ4n) is 1.58. The van der Waals surface area contributed by atoms with Crippen molar-refractivity contribution in [3.63, 3.8) is 0 Å². The molecule has 1 heterocycles. The molecule has 1 aromatic carbocycles. The van der Waals surface area contributed by atoms with Gasteiger partial charge in [0.2, 0.25) is 0 Å². The molecule has 0 spiro atoms. The van der Waals surface area contributed by atoms with Gasteiger partial charge in [-0.25, -0.2) is 15.8 Å². The van der Waals surface area contributed by atoms with Crippen molar-refractivity contribution >= 4 is 17.3 Å². The van der Waals surface area contributed by atoms with Crippen molar-refractivity contribution in [2.75, 3.05) is 10.7 Å². The van der Waals surface area contributed by atoms with Gasteiger partial charge in [-0.3, -0.25) is 0 Å². The van der Waals surface area contributed by atoms with Crippen LogP contribution in [-0.2, 0) is 6.42 Å². The van der Waals surface area contributed by atoms with Gasteiger partial charge in [0.15, 0.2) is 0 Å². The summed E-state index contributed by atoms with van der Waals surface area (Å²) in [5.74, 6) is 7.48. The molecule has 0 bridgehead atoms. The summed E-state index contributed by atoms with van der Waals surface area (Å²) in [6, 6.07) is 9.90. The Balaban J connectivity index is 2.25. The van der Waals surface area contributed by atoms with Crippen molar-refractivity contribution in [3.05, 3.63) is 41.7 Å². The molecule has 0 saturated carbocycles. The molecule has 0 fully saturated rings. The lowest BCUT2D eigenvalue weighted by molar-refractivity contribution is 0.941. The minimum absolute atomic E-state index is 0.608. The number of anilines is 3. The highest BCUT2D eigenvalue weighted by Gasteiger charge is 2.03. The third-order valence-electron chi connectivity index (χ3n) is 2.56. The second kappa shape index (κ2) is 5.46. The quantitative estimate of drug-likeness (QED) is 0.568. The van der Waals surface area contributed by atoms with Crippen LogP contribution >= 0.6 is 0 Å². The van der Waals surface area contributed by atoms with Gasteiger partial charge < -0.3 is 10.7 Å². The largest absolute Gasteiger partial charge is 0.340 e. The normalized spacial score (nSPS) is 10.2. The summed E-state index contributed by atoms with van der Waals surface area (Å²) in [5.41, 5.74) is 4.76. The van der Waals surface area contributed by atoms with Crippen molar-refractivity contribution in [2.24, 2.45) is 5.84 Å². The van der Waals surface area contributed by atoms with Crippen LogP contribution in [0.5, 0.6) is 0 Å². The molecule has 0 aliphatic carbocycles. The minimum Gasteiger partial charge on any atom is -0.340 e. The van der Waals surface area contributed by atoms with Gasteiger partial charge in [-0.05, 0) is 19.1 Å². The molecule has 5 nitrogen and oxygen atoms in total. The minimum atomic E-state index is 0.608. The van der Waals surface area contributed by atoms with E-state index in [1.807, 2.05) is 31.2 Å². The van der Waals surface area contributed by atoms with Crippen molar-refractivity contribution in [1.82, 2.24) is 9.97 Å². The van der Waals surface area contributed by atoms with E-state index >= 15 is 0 Å². The van der Waals surface area contributed by atoms with Crippen molar-refractivity contribution in [2.45, 2.75) is 20.3 Å². The monoisotopic (exact) mass is 243 g/mol. The van der Waals surface area contributed by atoms with Gasteiger partial charge in [0, 0.05) is 18.2 Å². The van der Waals surface area contributed by atoms with Crippen LogP contribution in [-0.4, -0.2) is 9.97 Å². The molecule has 0 saturated heterocycles. The predicted octanol–water partition coefficient (Wildman–Crippen LogP) is 2.38. The Labute approximate surface area is 106 Å². The maximum absolute atomic E-state index is 5.39. The molecular formula is C13H17N5. The first-order chi connectivity index (χ1) is 8.71. The second-order valence-corrected chi connectivity index (χ2v) is 4.04. The third kappa shape index (κ3) is 2.95. The summed E-state index contributed by atoms with van der Waals surface area (Å²) in [6.07, 6.45) is 0.762. The third-order valence-corrected chi connectivity index (χ3v) is 2.56. The van der Waals surface area contributed by atoms with Crippen LogP contribution in [0.4, 0.5) is 17.3 Å². The molecule has 5 heteroatoms. The molecule has 0 aliphatic heterocycles. The van der Waals surface area contributed by atoms with Gasteiger partial charge in [0.05, 0.1) is 0 Å². The van der Waals surface area contributed by atoms with Gasteiger partial charge in [0.1, 0.15) is 17.5 Å². The predicted molar refractivity (Wildman–Crippen MR) is 73.7 cm³/mol. The molecule has 94 valence electrons. The van der Waals surface area contributed by atoms with E-state index in [-0.39, 0.29) is 0 Å². The molecule has 0 atom stereocenters. The van der Waals surface area contributed by atoms with Crippen LogP contribution in [0, 0.1) is 6.92 Å². The van der Waals surface area contributed by atoms with Gasteiger partial charge in [-0.1, -0.05) is 24.6 Å². The molecule has 4 N–H and O–H groups in total. The van der Waals surface area contributed by atoms with E-state index in [1.165, 1.54) is 5.56 Å². The average Bonchev–Trinajstić information content (AvgIpc) is 2.41. The Morgan fingerprint density at radius 3 is 2.39 bits per heavy atom. The molecule has 0 aliphatic rings. The highest BCUT2D eigenvalue weighted by atomic mass is 15.3. The Kier molecular flexibility index (Phi) is 3.74. The number of benzene rings is 1. The van der Waals surface area contributed by atoms with E-state index in [2.05, 4.69) is 27.6 Å². The average molecular weight is 243 g/mol. The zero-order chi connectivity index (χ0) is 13.0. The Bertz CT molecular complexity index is 499. The molecular weight excluding hydrogens is 226 g/mol. The molecule has 2 rings (SSSR count). The smallest absolute Gasteiger partial charge is 0.145 e. The number of rotatable bonds is 4. The number of hydrogen-bond acceptors (Lipinski definition) is 5. The Morgan fingerprint density at radius 2 is 1.78 bits per heavy atom. The van der Waals surface area contributed by atoms with Crippen LogP contribution < -0.4 is 16.6 Å². The van der Waals surface area contributed by atoms with Gasteiger partial charge >= 0.3 is 0 Å². The van der Waals surface area contributed by atoms with Crippen LogP contribution in [0.2, 0.25) is 0 Å². The lowest BCUT2D eigenvalue weighted by atomic mass is 10.2. The Morgan fingerprint density at radius 1 is 1.11 bits per heavy atom. The maximum Gasteiger partial charge on any atom is 0.145 e. The topological polar surface area (TPSA) is 75.9 Å². The highest BCUT2D eigenvalue weighted by molar-refractivity contribution is 5.59. The summed E-state index contributed by atoms with van der Waals surface area (Å²) in [4.78, 5) is 8.64. The molecule has 0 radical (unpaired) electrons. The van der Waals surface area contributed by atoms with Crippen LogP contribution in [0.15, 0.2) is 30.3 Å². The van der Waals surface area contributed by atoms with Crippen molar-refractivity contribution < 1.29 is 0 Å². The standard InChI is InChI=1S/C13H17N5/c1-3-11-16-12(8-13(17-11)18-14)15-10-6-4-9(2)5-7-10/h4-8H,3,14H2,1-2H3,(H2,15,16,17,18). The van der Waals surface area contributed by atoms with Crippen molar-refractivity contribution in [3.8, 4) is 0 Å². The maximum atomic E-state index is 5.39. The lowest BCUT2D eigenvalue weighted by Gasteiger charge is -2.09. The summed E-state index contributed by atoms with van der Waals surface area (Å²) in [6.45, 7) is 4.06. The second-order valence-electron chi connectivity index (χ2n) is 4.04. The number of hydrogen-bond donors (Lipinski definition) is 3. The first kappa shape index (κ1) is 12.3. The van der Waals surface area contributed by atoms with Gasteiger partial charge in [0.25, 0.3) is 0 Å². The van der Waals surface area contributed by atoms with E-state index in [9.17, 15) is 0 Å². The fourth-order valence-corrected chi connectivity index (χ4v) is 1.58. The lowest BCUT2D eigenvalue weighted by Crippen LogP contribution is -2.11. The van der Waals surface area contributed by atoms with E-state index in [1.54, 1.807) is 6.07 Å². The van der Waals surface area contributed by atoms with E-state index < -0.39 is 0 Å². The first-order valence-electron chi connectivity index (χ1n) is 5.89. The van der Waals surface area contributed by atoms with Crippen LogP contribution in [0.3, 0.4) is 0 Å². The highest BCUT2D eigenvalue weighted by Crippen LogP contribution is 2.17. The molecule has 1 aromatic heterocycles. The van der Waals surface area contributed by atoms with Gasteiger partial charge in [-0.15, -0.1) is 0 Å². The zero-order valence-corrected chi connectivity index (χ0v) is 10.6. The molecule has 0 unspecified atom stereocenters. The zero-order valence-electron chi connectivity index (χ0n) is 10.6. The molecule has 18 heavy (non-hydrogen) atoms. The van der Waals surface area contributed by atoms with Crippen LogP contribution in [0.25, 0.3) is 0 Å². The number of aryl methyl sites for hydroxylation is 2.